The second-order valence-corrected chi connectivity index (χ2v) is 5.27. The van der Waals surface area contributed by atoms with E-state index in [1.54, 1.807) is 6.20 Å². The number of hydrogen-bond acceptors (Lipinski definition) is 5. The predicted octanol–water partition coefficient (Wildman–Crippen LogP) is 2.52. The number of hydrazine groups is 1. The summed E-state index contributed by atoms with van der Waals surface area (Å²) in [6.07, 6.45) is 8.43. The van der Waals surface area contributed by atoms with Gasteiger partial charge in [-0.25, -0.2) is 10.8 Å². The highest BCUT2D eigenvalue weighted by Crippen LogP contribution is 2.25. The molecule has 1 aromatic heterocycles. The second-order valence-electron chi connectivity index (χ2n) is 4.42. The molecular formula is C11H18BrN5. The number of anilines is 2. The molecule has 4 N–H and O–H groups in total. The topological polar surface area (TPSA) is 75.9 Å². The number of hydrogen-bond donors (Lipinski definition) is 3. The second kappa shape index (κ2) is 6.16. The van der Waals surface area contributed by atoms with Crippen molar-refractivity contribution >= 4 is 27.7 Å². The SMILES string of the molecule is NNc1ncc(Br)c(NCC2CCCCC2)n1. The lowest BCUT2D eigenvalue weighted by Gasteiger charge is -2.22. The average molecular weight is 300 g/mol. The molecule has 5 nitrogen and oxygen atoms in total. The Morgan fingerprint density at radius 3 is 2.82 bits per heavy atom. The maximum Gasteiger partial charge on any atom is 0.239 e. The third-order valence-corrected chi connectivity index (χ3v) is 3.74. The van der Waals surface area contributed by atoms with E-state index in [1.807, 2.05) is 0 Å². The van der Waals surface area contributed by atoms with Crippen LogP contribution in [0.1, 0.15) is 32.1 Å². The third-order valence-electron chi connectivity index (χ3n) is 3.16. The van der Waals surface area contributed by atoms with Gasteiger partial charge in [0.1, 0.15) is 5.82 Å². The molecule has 1 aliphatic rings. The number of nitrogen functional groups attached to an aromatic ring is 1. The molecule has 0 unspecified atom stereocenters. The fourth-order valence-corrected chi connectivity index (χ4v) is 2.52. The summed E-state index contributed by atoms with van der Waals surface area (Å²) in [6.45, 7) is 0.972. The van der Waals surface area contributed by atoms with Crippen molar-refractivity contribution in [3.63, 3.8) is 0 Å². The number of rotatable bonds is 4. The number of nitrogens with zero attached hydrogens (tertiary/aromatic N) is 2. The molecule has 0 saturated heterocycles. The van der Waals surface area contributed by atoms with Gasteiger partial charge in [0.05, 0.1) is 4.47 Å². The van der Waals surface area contributed by atoms with Crippen LogP contribution in [0.2, 0.25) is 0 Å². The molecule has 0 atom stereocenters. The van der Waals surface area contributed by atoms with Crippen LogP contribution in [0.15, 0.2) is 10.7 Å². The molecular weight excluding hydrogens is 282 g/mol. The fraction of sp³-hybridized carbons (Fsp3) is 0.636. The minimum atomic E-state index is 0.430. The van der Waals surface area contributed by atoms with Crippen LogP contribution in [-0.2, 0) is 0 Å². The Labute approximate surface area is 110 Å². The van der Waals surface area contributed by atoms with Gasteiger partial charge >= 0.3 is 0 Å². The summed E-state index contributed by atoms with van der Waals surface area (Å²) in [4.78, 5) is 8.29. The van der Waals surface area contributed by atoms with Crippen molar-refractivity contribution in [2.75, 3.05) is 17.3 Å². The minimum Gasteiger partial charge on any atom is -0.369 e. The molecule has 0 aromatic carbocycles. The van der Waals surface area contributed by atoms with Crippen LogP contribution in [-0.4, -0.2) is 16.5 Å². The van der Waals surface area contributed by atoms with Crippen LogP contribution in [0.4, 0.5) is 11.8 Å². The van der Waals surface area contributed by atoms with Crippen molar-refractivity contribution in [1.29, 1.82) is 0 Å². The van der Waals surface area contributed by atoms with Crippen LogP contribution in [0.5, 0.6) is 0 Å². The summed E-state index contributed by atoms with van der Waals surface area (Å²) in [7, 11) is 0. The largest absolute Gasteiger partial charge is 0.369 e. The van der Waals surface area contributed by atoms with E-state index in [0.717, 1.165) is 22.8 Å². The molecule has 94 valence electrons. The lowest BCUT2D eigenvalue weighted by molar-refractivity contribution is 0.373. The smallest absolute Gasteiger partial charge is 0.239 e. The van der Waals surface area contributed by atoms with Gasteiger partial charge < -0.3 is 5.32 Å². The van der Waals surface area contributed by atoms with E-state index in [0.29, 0.717) is 5.95 Å². The summed E-state index contributed by atoms with van der Waals surface area (Å²) in [6, 6.07) is 0. The van der Waals surface area contributed by atoms with E-state index in [9.17, 15) is 0 Å². The Morgan fingerprint density at radius 1 is 1.35 bits per heavy atom. The van der Waals surface area contributed by atoms with Crippen molar-refractivity contribution in [2.24, 2.45) is 11.8 Å². The van der Waals surface area contributed by atoms with Crippen molar-refractivity contribution in [3.05, 3.63) is 10.7 Å². The Bertz CT molecular complexity index is 365. The van der Waals surface area contributed by atoms with Crippen molar-refractivity contribution < 1.29 is 0 Å². The van der Waals surface area contributed by atoms with E-state index in [-0.39, 0.29) is 0 Å². The highest BCUT2D eigenvalue weighted by atomic mass is 79.9. The number of aromatic nitrogens is 2. The molecule has 2 rings (SSSR count). The quantitative estimate of drug-likeness (QED) is 0.588. The van der Waals surface area contributed by atoms with Gasteiger partial charge in [-0.3, -0.25) is 5.43 Å². The van der Waals surface area contributed by atoms with Crippen LogP contribution in [0.3, 0.4) is 0 Å². The van der Waals surface area contributed by atoms with Gasteiger partial charge in [-0.05, 0) is 34.7 Å². The highest BCUT2D eigenvalue weighted by molar-refractivity contribution is 9.10. The maximum absolute atomic E-state index is 5.29. The maximum atomic E-state index is 5.29. The zero-order valence-electron chi connectivity index (χ0n) is 9.75. The molecule has 1 fully saturated rings. The molecule has 0 amide bonds. The molecule has 1 heterocycles. The van der Waals surface area contributed by atoms with Gasteiger partial charge in [0, 0.05) is 12.7 Å². The van der Waals surface area contributed by atoms with Crippen molar-refractivity contribution in [3.8, 4) is 0 Å². The van der Waals surface area contributed by atoms with Gasteiger partial charge in [-0.1, -0.05) is 19.3 Å². The number of nitrogens with two attached hydrogens (primary N) is 1. The summed E-state index contributed by atoms with van der Waals surface area (Å²) in [5.41, 5.74) is 2.45. The van der Waals surface area contributed by atoms with Gasteiger partial charge in [0.2, 0.25) is 5.95 Å². The Balaban J connectivity index is 1.92. The molecule has 1 saturated carbocycles. The monoisotopic (exact) mass is 299 g/mol. The van der Waals surface area contributed by atoms with Crippen LogP contribution in [0.25, 0.3) is 0 Å². The van der Waals surface area contributed by atoms with Crippen LogP contribution < -0.4 is 16.6 Å². The Morgan fingerprint density at radius 2 is 2.12 bits per heavy atom. The van der Waals surface area contributed by atoms with Gasteiger partial charge in [0.25, 0.3) is 0 Å². The van der Waals surface area contributed by atoms with Crippen LogP contribution in [0, 0.1) is 5.92 Å². The molecule has 17 heavy (non-hydrogen) atoms. The van der Waals surface area contributed by atoms with E-state index >= 15 is 0 Å². The summed E-state index contributed by atoms with van der Waals surface area (Å²) in [5, 5.41) is 3.36. The lowest BCUT2D eigenvalue weighted by Crippen LogP contribution is -2.19. The van der Waals surface area contributed by atoms with Crippen LogP contribution >= 0.6 is 15.9 Å². The van der Waals surface area contributed by atoms with Crippen molar-refractivity contribution in [2.45, 2.75) is 32.1 Å². The zero-order valence-corrected chi connectivity index (χ0v) is 11.3. The van der Waals surface area contributed by atoms with E-state index < -0.39 is 0 Å². The third kappa shape index (κ3) is 3.54. The minimum absolute atomic E-state index is 0.430. The molecule has 0 spiro atoms. The average Bonchev–Trinajstić information content (AvgIpc) is 2.39. The van der Waals surface area contributed by atoms with E-state index in [4.69, 9.17) is 5.84 Å². The Kier molecular flexibility index (Phi) is 4.56. The number of halogens is 1. The van der Waals surface area contributed by atoms with Gasteiger partial charge in [0.15, 0.2) is 0 Å². The standard InChI is InChI=1S/C11H18BrN5/c12-9-7-15-11(17-13)16-10(9)14-6-8-4-2-1-3-5-8/h7-8H,1-6,13H2,(H2,14,15,16,17). The highest BCUT2D eigenvalue weighted by Gasteiger charge is 2.14. The summed E-state index contributed by atoms with van der Waals surface area (Å²) in [5.74, 6) is 7.29. The first kappa shape index (κ1) is 12.6. The fourth-order valence-electron chi connectivity index (χ4n) is 2.19. The molecule has 6 heteroatoms. The summed E-state index contributed by atoms with van der Waals surface area (Å²) >= 11 is 3.43. The first-order valence-corrected chi connectivity index (χ1v) is 6.82. The van der Waals surface area contributed by atoms with E-state index in [2.05, 4.69) is 36.6 Å². The molecule has 1 aliphatic carbocycles. The molecule has 0 radical (unpaired) electrons. The normalized spacial score (nSPS) is 16.8. The first-order valence-electron chi connectivity index (χ1n) is 6.02. The van der Waals surface area contributed by atoms with E-state index in [1.165, 1.54) is 32.1 Å². The summed E-state index contributed by atoms with van der Waals surface area (Å²) < 4.78 is 0.868. The van der Waals surface area contributed by atoms with Gasteiger partial charge in [-0.2, -0.15) is 4.98 Å². The molecule has 1 aromatic rings. The predicted molar refractivity (Wildman–Crippen MR) is 72.6 cm³/mol. The molecule has 0 aliphatic heterocycles. The van der Waals surface area contributed by atoms with Gasteiger partial charge in [-0.15, -0.1) is 0 Å². The lowest BCUT2D eigenvalue weighted by atomic mass is 9.89. The number of nitrogens with one attached hydrogen (secondary N) is 2. The first-order chi connectivity index (χ1) is 8.29. The van der Waals surface area contributed by atoms with Crippen molar-refractivity contribution in [1.82, 2.24) is 9.97 Å². The molecule has 0 bridgehead atoms. The Hall–Kier alpha value is -0.880. The zero-order chi connectivity index (χ0) is 12.1.